The molecule has 2 aromatic carbocycles. The fourth-order valence-corrected chi connectivity index (χ4v) is 5.77. The highest BCUT2D eigenvalue weighted by atomic mass is 32.2. The van der Waals surface area contributed by atoms with Crippen molar-refractivity contribution in [3.05, 3.63) is 64.8 Å². The molecule has 0 saturated heterocycles. The van der Waals surface area contributed by atoms with Crippen LogP contribution in [0.15, 0.2) is 47.4 Å². The molecule has 0 saturated carbocycles. The van der Waals surface area contributed by atoms with Crippen molar-refractivity contribution >= 4 is 26.9 Å². The van der Waals surface area contributed by atoms with E-state index in [1.165, 1.54) is 6.07 Å². The molecule has 0 spiro atoms. The second kappa shape index (κ2) is 8.51. The molecule has 8 nitrogen and oxygen atoms in total. The number of anilines is 1. The minimum atomic E-state index is -4.04. The maximum Gasteiger partial charge on any atom is 0.266 e. The second-order valence-electron chi connectivity index (χ2n) is 10.2. The molecule has 3 heterocycles. The average molecular weight is 507 g/mol. The van der Waals surface area contributed by atoms with Crippen LogP contribution in [-0.4, -0.2) is 36.4 Å². The lowest BCUT2D eigenvalue weighted by atomic mass is 9.91. The average Bonchev–Trinajstić information content (AvgIpc) is 3.14. The van der Waals surface area contributed by atoms with E-state index in [9.17, 15) is 8.42 Å². The number of aromatic nitrogens is 3. The third-order valence-electron chi connectivity index (χ3n) is 6.20. The molecule has 2 aromatic heterocycles. The van der Waals surface area contributed by atoms with Gasteiger partial charge >= 0.3 is 0 Å². The van der Waals surface area contributed by atoms with Gasteiger partial charge in [0.25, 0.3) is 10.0 Å². The first-order chi connectivity index (χ1) is 17.0. The van der Waals surface area contributed by atoms with Crippen LogP contribution in [-0.2, 0) is 15.4 Å². The van der Waals surface area contributed by atoms with Crippen LogP contribution in [0.1, 0.15) is 43.2 Å². The van der Waals surface area contributed by atoms with Crippen LogP contribution in [0.5, 0.6) is 11.5 Å². The summed E-state index contributed by atoms with van der Waals surface area (Å²) >= 11 is 0. The minimum Gasteiger partial charge on any atom is -0.486 e. The fourth-order valence-electron chi connectivity index (χ4n) is 4.59. The van der Waals surface area contributed by atoms with E-state index in [1.807, 2.05) is 32.9 Å². The molecule has 0 aliphatic carbocycles. The number of hydrogen-bond donors (Lipinski definition) is 1. The van der Waals surface area contributed by atoms with Gasteiger partial charge in [0.05, 0.1) is 11.1 Å². The molecule has 5 rings (SSSR count). The number of hydrogen-bond acceptors (Lipinski definition) is 6. The molecule has 1 aliphatic heterocycles. The summed E-state index contributed by atoms with van der Waals surface area (Å²) < 4.78 is 42.8. The second-order valence-corrected chi connectivity index (χ2v) is 11.9. The zero-order valence-electron chi connectivity index (χ0n) is 21.3. The smallest absolute Gasteiger partial charge is 0.266 e. The number of nitrogens with zero attached hydrogens (tertiary/aromatic N) is 3. The fraction of sp³-hybridized carbons (Fsp3) is 0.333. The Morgan fingerprint density at radius 1 is 0.972 bits per heavy atom. The van der Waals surface area contributed by atoms with E-state index in [-0.39, 0.29) is 28.5 Å². The van der Waals surface area contributed by atoms with Gasteiger partial charge in [-0.25, -0.2) is 18.1 Å². The summed E-state index contributed by atoms with van der Waals surface area (Å²) in [6.45, 7) is 13.0. The molecule has 0 unspecified atom stereocenters. The van der Waals surface area contributed by atoms with E-state index in [0.29, 0.717) is 23.4 Å². The molecule has 0 bridgehead atoms. The summed E-state index contributed by atoms with van der Waals surface area (Å²) in [7, 11) is -4.04. The summed E-state index contributed by atoms with van der Waals surface area (Å²) in [5, 5.41) is 5.35. The Kier molecular flexibility index (Phi) is 5.70. The third kappa shape index (κ3) is 4.17. The van der Waals surface area contributed by atoms with Crippen molar-refractivity contribution in [2.45, 2.75) is 51.9 Å². The highest BCUT2D eigenvalue weighted by Crippen LogP contribution is 2.38. The van der Waals surface area contributed by atoms with E-state index in [1.54, 1.807) is 16.8 Å². The van der Waals surface area contributed by atoms with Gasteiger partial charge in [0, 0.05) is 11.1 Å². The molecule has 1 N–H and O–H groups in total. The Hall–Kier alpha value is -3.59. The molecule has 4 aromatic rings. The minimum absolute atomic E-state index is 0.00404. The predicted molar refractivity (Wildman–Crippen MR) is 140 cm³/mol. The Balaban J connectivity index is 1.70. The summed E-state index contributed by atoms with van der Waals surface area (Å²) in [4.78, 5) is 4.95. The number of sulfonamides is 1. The van der Waals surface area contributed by atoms with Crippen LogP contribution < -0.4 is 14.2 Å². The lowest BCUT2D eigenvalue weighted by molar-refractivity contribution is 0.167. The van der Waals surface area contributed by atoms with Gasteiger partial charge < -0.3 is 9.47 Å². The number of ether oxygens (including phenoxy) is 2. The number of aryl methyl sites for hydroxylation is 3. The largest absolute Gasteiger partial charge is 0.486 e. The van der Waals surface area contributed by atoms with Crippen molar-refractivity contribution < 1.29 is 17.9 Å². The highest BCUT2D eigenvalue weighted by molar-refractivity contribution is 7.92. The molecule has 0 radical (unpaired) electrons. The van der Waals surface area contributed by atoms with Crippen LogP contribution in [0.4, 0.5) is 5.82 Å². The molecular weight excluding hydrogens is 476 g/mol. The van der Waals surface area contributed by atoms with E-state index >= 15 is 0 Å². The lowest BCUT2D eigenvalue weighted by Gasteiger charge is -2.20. The summed E-state index contributed by atoms with van der Waals surface area (Å²) in [6.07, 6.45) is 0. The van der Waals surface area contributed by atoms with E-state index in [2.05, 4.69) is 37.6 Å². The SMILES string of the molecule is Cc1cc(C)c(-n2nc(NS(=O)(=O)c3cccc4c3OCCO4)c3ccc(C(C)(C)C)nc32)c(C)c1. The lowest BCUT2D eigenvalue weighted by Crippen LogP contribution is -2.20. The van der Waals surface area contributed by atoms with E-state index in [4.69, 9.17) is 19.6 Å². The number of fused-ring (bicyclic) bond motifs is 2. The maximum absolute atomic E-state index is 13.6. The van der Waals surface area contributed by atoms with Crippen LogP contribution >= 0.6 is 0 Å². The zero-order valence-corrected chi connectivity index (χ0v) is 22.2. The van der Waals surface area contributed by atoms with Crippen LogP contribution in [0.3, 0.4) is 0 Å². The normalized spacial score (nSPS) is 13.7. The van der Waals surface area contributed by atoms with Crippen molar-refractivity contribution in [2.75, 3.05) is 17.9 Å². The number of pyridine rings is 1. The number of nitrogens with one attached hydrogen (secondary N) is 1. The monoisotopic (exact) mass is 506 g/mol. The van der Waals surface area contributed by atoms with Gasteiger partial charge in [-0.3, -0.25) is 4.72 Å². The maximum atomic E-state index is 13.6. The standard InChI is InChI=1S/C27H30N4O4S/c1-16-14-17(2)23(18(3)15-16)31-26-19(10-11-22(28-26)27(4,5)6)25(29-31)30-36(32,33)21-9-7-8-20-24(21)35-13-12-34-20/h7-11,14-15H,12-13H2,1-6H3,(H,29,30). The van der Waals surface area contributed by atoms with Crippen molar-refractivity contribution in [3.8, 4) is 17.2 Å². The first kappa shape index (κ1) is 24.1. The van der Waals surface area contributed by atoms with Gasteiger partial charge in [-0.2, -0.15) is 0 Å². The summed E-state index contributed by atoms with van der Waals surface area (Å²) in [5.74, 6) is 0.812. The first-order valence-electron chi connectivity index (χ1n) is 11.9. The summed E-state index contributed by atoms with van der Waals surface area (Å²) in [5.41, 5.74) is 5.35. The van der Waals surface area contributed by atoms with E-state index < -0.39 is 10.0 Å². The van der Waals surface area contributed by atoms with Crippen molar-refractivity contribution in [1.29, 1.82) is 0 Å². The van der Waals surface area contributed by atoms with Gasteiger partial charge in [-0.15, -0.1) is 5.10 Å². The first-order valence-corrected chi connectivity index (χ1v) is 13.3. The molecule has 0 fully saturated rings. The molecule has 0 amide bonds. The third-order valence-corrected chi connectivity index (χ3v) is 7.56. The van der Waals surface area contributed by atoms with Gasteiger partial charge in [-0.1, -0.05) is 44.5 Å². The Bertz CT molecular complexity index is 1580. The molecule has 36 heavy (non-hydrogen) atoms. The number of benzene rings is 2. The quantitative estimate of drug-likeness (QED) is 0.408. The summed E-state index contributed by atoms with van der Waals surface area (Å²) in [6, 6.07) is 12.8. The van der Waals surface area contributed by atoms with Crippen LogP contribution in [0.2, 0.25) is 0 Å². The molecule has 1 aliphatic rings. The van der Waals surface area contributed by atoms with Gasteiger partial charge in [-0.05, 0) is 56.2 Å². The molecular formula is C27H30N4O4S. The number of para-hydroxylation sites is 1. The van der Waals surface area contributed by atoms with Gasteiger partial charge in [0.1, 0.15) is 18.1 Å². The Labute approximate surface area is 211 Å². The van der Waals surface area contributed by atoms with Gasteiger partial charge in [0.15, 0.2) is 23.0 Å². The highest BCUT2D eigenvalue weighted by Gasteiger charge is 2.28. The van der Waals surface area contributed by atoms with Gasteiger partial charge in [0.2, 0.25) is 0 Å². The van der Waals surface area contributed by atoms with Crippen LogP contribution in [0.25, 0.3) is 16.7 Å². The van der Waals surface area contributed by atoms with Crippen LogP contribution in [0, 0.1) is 20.8 Å². The Morgan fingerprint density at radius 3 is 2.36 bits per heavy atom. The topological polar surface area (TPSA) is 95.3 Å². The molecule has 188 valence electrons. The number of rotatable bonds is 4. The van der Waals surface area contributed by atoms with Crippen molar-refractivity contribution in [1.82, 2.24) is 14.8 Å². The Morgan fingerprint density at radius 2 is 1.67 bits per heavy atom. The zero-order chi connectivity index (χ0) is 25.8. The van der Waals surface area contributed by atoms with Crippen molar-refractivity contribution in [3.63, 3.8) is 0 Å². The molecule has 9 heteroatoms. The van der Waals surface area contributed by atoms with E-state index in [0.717, 1.165) is 28.1 Å². The molecule has 0 atom stereocenters. The predicted octanol–water partition coefficient (Wildman–Crippen LogP) is 5.22. The van der Waals surface area contributed by atoms with Crippen molar-refractivity contribution in [2.24, 2.45) is 0 Å².